The molecule has 0 aromatic carbocycles. The molecule has 0 spiro atoms. The van der Waals surface area contributed by atoms with Gasteiger partial charge in [-0.3, -0.25) is 0 Å². The Morgan fingerprint density at radius 3 is 2.37 bits per heavy atom. The van der Waals surface area contributed by atoms with E-state index in [1.165, 1.54) is 0 Å². The first kappa shape index (κ1) is 15.1. The minimum atomic E-state index is -4.06. The van der Waals surface area contributed by atoms with E-state index in [0.29, 0.717) is 0 Å². The van der Waals surface area contributed by atoms with Gasteiger partial charge in [-0.2, -0.15) is 0 Å². The molecule has 9 heteroatoms. The van der Waals surface area contributed by atoms with Crippen molar-refractivity contribution < 1.29 is 37.9 Å². The molecule has 0 amide bonds. The monoisotopic (exact) mass is 298 g/mol. The molecule has 19 heavy (non-hydrogen) atoms. The van der Waals surface area contributed by atoms with Crippen molar-refractivity contribution in [2.24, 2.45) is 0 Å². The van der Waals surface area contributed by atoms with E-state index in [0.717, 1.165) is 6.26 Å². The molecule has 112 valence electrons. The summed E-state index contributed by atoms with van der Waals surface area (Å²) in [5, 5.41) is 29.1. The van der Waals surface area contributed by atoms with Gasteiger partial charge in [0, 0.05) is 6.26 Å². The number of aliphatic hydroxyl groups is 3. The van der Waals surface area contributed by atoms with Crippen LogP contribution in [0.3, 0.4) is 0 Å². The molecule has 0 radical (unpaired) electrons. The number of sulfone groups is 1. The largest absolute Gasteiger partial charge is 0.394 e. The van der Waals surface area contributed by atoms with Crippen molar-refractivity contribution in [2.75, 3.05) is 12.9 Å². The molecule has 1 unspecified atom stereocenters. The quantitative estimate of drug-likeness (QED) is 0.544. The van der Waals surface area contributed by atoms with E-state index >= 15 is 0 Å². The average molecular weight is 298 g/mol. The minimum absolute atomic E-state index is 0.759. The van der Waals surface area contributed by atoms with Crippen molar-refractivity contribution in [3.63, 3.8) is 0 Å². The molecular weight excluding hydrogens is 280 g/mol. The van der Waals surface area contributed by atoms with Gasteiger partial charge < -0.3 is 29.5 Å². The van der Waals surface area contributed by atoms with E-state index in [4.69, 9.17) is 19.3 Å². The smallest absolute Gasteiger partial charge is 0.226 e. The van der Waals surface area contributed by atoms with Crippen molar-refractivity contribution in [3.05, 3.63) is 0 Å². The summed E-state index contributed by atoms with van der Waals surface area (Å²) >= 11 is 0. The number of rotatable bonds is 3. The molecule has 5 atom stereocenters. The van der Waals surface area contributed by atoms with Gasteiger partial charge >= 0.3 is 0 Å². The van der Waals surface area contributed by atoms with Crippen molar-refractivity contribution in [1.29, 1.82) is 0 Å². The second kappa shape index (κ2) is 4.35. The van der Waals surface area contributed by atoms with Crippen LogP contribution in [0.5, 0.6) is 0 Å². The lowest BCUT2D eigenvalue weighted by molar-refractivity contribution is -0.232. The van der Waals surface area contributed by atoms with Crippen LogP contribution in [0.15, 0.2) is 0 Å². The molecule has 2 fully saturated rings. The van der Waals surface area contributed by atoms with Crippen molar-refractivity contribution in [1.82, 2.24) is 0 Å². The van der Waals surface area contributed by atoms with Crippen LogP contribution in [-0.4, -0.2) is 71.9 Å². The summed E-state index contributed by atoms with van der Waals surface area (Å²) in [7, 11) is -4.06. The lowest BCUT2D eigenvalue weighted by Gasteiger charge is -2.33. The summed E-state index contributed by atoms with van der Waals surface area (Å²) in [6.07, 6.45) is -4.71. The first-order chi connectivity index (χ1) is 8.53. The maximum Gasteiger partial charge on any atom is 0.226 e. The standard InChI is InChI=1S/C10H18O8S/c1-9(2)17-7-8(18-9)16-6(5(12)4-11)10(7,13)19(3,14)15/h5-8,11-13H,4H2,1-3H3/t5?,6-,7+,8-,10-/m1/s1. The molecule has 3 N–H and O–H groups in total. The molecule has 2 saturated heterocycles. The van der Waals surface area contributed by atoms with E-state index < -0.39 is 51.8 Å². The summed E-state index contributed by atoms with van der Waals surface area (Å²) in [6, 6.07) is 0. The Morgan fingerprint density at radius 1 is 1.32 bits per heavy atom. The van der Waals surface area contributed by atoms with Crippen molar-refractivity contribution >= 4 is 9.84 Å². The zero-order valence-electron chi connectivity index (χ0n) is 10.8. The Labute approximate surface area is 110 Å². The number of hydrogen-bond donors (Lipinski definition) is 3. The highest BCUT2D eigenvalue weighted by Gasteiger charge is 2.69. The molecule has 2 heterocycles. The topological polar surface area (TPSA) is 123 Å². The van der Waals surface area contributed by atoms with Gasteiger partial charge in [-0.05, 0) is 13.8 Å². The summed E-state index contributed by atoms with van der Waals surface area (Å²) in [5.41, 5.74) is 0. The molecule has 0 aromatic rings. The summed E-state index contributed by atoms with van der Waals surface area (Å²) < 4.78 is 39.7. The molecule has 0 aliphatic carbocycles. The SMILES string of the molecule is CC1(C)O[C@H]2O[C@H](C(O)CO)[C@@](O)(S(C)(=O)=O)[C@H]2O1. The van der Waals surface area contributed by atoms with Crippen LogP contribution in [0.25, 0.3) is 0 Å². The van der Waals surface area contributed by atoms with Crippen LogP contribution in [0.2, 0.25) is 0 Å². The fourth-order valence-corrected chi connectivity index (χ4v) is 3.61. The van der Waals surface area contributed by atoms with Gasteiger partial charge in [0.15, 0.2) is 28.0 Å². The fraction of sp³-hybridized carbons (Fsp3) is 1.00. The average Bonchev–Trinajstić information content (AvgIpc) is 2.70. The van der Waals surface area contributed by atoms with Gasteiger partial charge in [0.2, 0.25) is 4.93 Å². The van der Waals surface area contributed by atoms with Crippen LogP contribution in [0.4, 0.5) is 0 Å². The normalized spacial score (nSPS) is 43.2. The third-order valence-electron chi connectivity index (χ3n) is 3.28. The highest BCUT2D eigenvalue weighted by Crippen LogP contribution is 2.46. The van der Waals surface area contributed by atoms with Gasteiger partial charge in [-0.1, -0.05) is 0 Å². The molecule has 0 saturated carbocycles. The Balaban J connectivity index is 2.43. The third-order valence-corrected chi connectivity index (χ3v) is 4.94. The maximum atomic E-state index is 11.9. The van der Waals surface area contributed by atoms with Crippen molar-refractivity contribution in [3.8, 4) is 0 Å². The lowest BCUT2D eigenvalue weighted by Crippen LogP contribution is -2.58. The van der Waals surface area contributed by atoms with Crippen LogP contribution >= 0.6 is 0 Å². The van der Waals surface area contributed by atoms with Crippen LogP contribution in [0.1, 0.15) is 13.8 Å². The highest BCUT2D eigenvalue weighted by atomic mass is 32.2. The molecule has 2 aliphatic rings. The van der Waals surface area contributed by atoms with Gasteiger partial charge in [0.1, 0.15) is 12.2 Å². The van der Waals surface area contributed by atoms with Gasteiger partial charge in [-0.25, -0.2) is 8.42 Å². The van der Waals surface area contributed by atoms with Gasteiger partial charge in [0.25, 0.3) is 0 Å². The first-order valence-corrected chi connectivity index (χ1v) is 7.64. The van der Waals surface area contributed by atoms with Gasteiger partial charge in [-0.15, -0.1) is 0 Å². The molecular formula is C10H18O8S. The molecule has 2 rings (SSSR count). The number of ether oxygens (including phenoxy) is 3. The molecule has 0 aromatic heterocycles. The summed E-state index contributed by atoms with van der Waals surface area (Å²) in [5.74, 6) is -1.11. The molecule has 8 nitrogen and oxygen atoms in total. The second-order valence-electron chi connectivity index (χ2n) is 5.26. The Hall–Kier alpha value is -0.290. The van der Waals surface area contributed by atoms with Crippen LogP contribution in [-0.2, 0) is 24.0 Å². The minimum Gasteiger partial charge on any atom is -0.394 e. The van der Waals surface area contributed by atoms with Crippen LogP contribution < -0.4 is 0 Å². The third kappa shape index (κ3) is 2.19. The molecule has 0 bridgehead atoms. The van der Waals surface area contributed by atoms with Crippen molar-refractivity contribution in [2.45, 2.75) is 49.2 Å². The Morgan fingerprint density at radius 2 is 1.89 bits per heavy atom. The zero-order valence-corrected chi connectivity index (χ0v) is 11.6. The fourth-order valence-electron chi connectivity index (χ4n) is 2.40. The lowest BCUT2D eigenvalue weighted by atomic mass is 10.1. The van der Waals surface area contributed by atoms with Gasteiger partial charge in [0.05, 0.1) is 6.61 Å². The summed E-state index contributed by atoms with van der Waals surface area (Å²) in [6.45, 7) is 2.34. The Bertz CT molecular complexity index is 460. The second-order valence-corrected chi connectivity index (χ2v) is 7.45. The zero-order chi connectivity index (χ0) is 14.6. The maximum absolute atomic E-state index is 11.9. The Kier molecular flexibility index (Phi) is 3.46. The number of aliphatic hydroxyl groups excluding tert-OH is 2. The summed E-state index contributed by atoms with van der Waals surface area (Å²) in [4.78, 5) is -2.48. The van der Waals surface area contributed by atoms with E-state index in [1.807, 2.05) is 0 Å². The van der Waals surface area contributed by atoms with E-state index in [2.05, 4.69) is 0 Å². The first-order valence-electron chi connectivity index (χ1n) is 5.75. The van der Waals surface area contributed by atoms with E-state index in [-0.39, 0.29) is 0 Å². The van der Waals surface area contributed by atoms with Crippen LogP contribution in [0, 0.1) is 0 Å². The molecule has 2 aliphatic heterocycles. The number of hydrogen-bond acceptors (Lipinski definition) is 8. The van der Waals surface area contributed by atoms with E-state index in [9.17, 15) is 18.6 Å². The highest BCUT2D eigenvalue weighted by molar-refractivity contribution is 7.92. The predicted octanol–water partition coefficient (Wildman–Crippen LogP) is -2.05. The number of fused-ring (bicyclic) bond motifs is 1. The van der Waals surface area contributed by atoms with E-state index in [1.54, 1.807) is 13.8 Å². The predicted molar refractivity (Wildman–Crippen MR) is 61.6 cm³/mol.